The lowest BCUT2D eigenvalue weighted by Crippen LogP contribution is -2.57. The van der Waals surface area contributed by atoms with Gasteiger partial charge in [0.25, 0.3) is 0 Å². The van der Waals surface area contributed by atoms with Crippen molar-refractivity contribution in [1.29, 1.82) is 0 Å². The molecule has 0 saturated carbocycles. The normalized spacial score (nSPS) is 18.7. The van der Waals surface area contributed by atoms with Gasteiger partial charge in [0.2, 0.25) is 0 Å². The molecular formula is C24H23NO2. The molecule has 0 spiro atoms. The first-order chi connectivity index (χ1) is 13.2. The summed E-state index contributed by atoms with van der Waals surface area (Å²) in [7, 11) is 0. The molecule has 1 saturated heterocycles. The third kappa shape index (κ3) is 3.64. The first kappa shape index (κ1) is 17.5. The maximum absolute atomic E-state index is 12.9. The average Bonchev–Trinajstić information content (AvgIpc) is 2.73. The SMILES string of the molecule is C[C@H]1NC[C@@H]1OC(=O)c1ccccc1C(c1ccccc1)c1ccccc1. The number of nitrogens with one attached hydrogen (secondary N) is 1. The summed E-state index contributed by atoms with van der Waals surface area (Å²) >= 11 is 0. The van der Waals surface area contributed by atoms with Crippen LogP contribution in [0, 0.1) is 0 Å². The fourth-order valence-electron chi connectivity index (χ4n) is 3.57. The van der Waals surface area contributed by atoms with Crippen molar-refractivity contribution >= 4 is 5.97 Å². The molecule has 3 aromatic carbocycles. The Morgan fingerprint density at radius 1 is 0.889 bits per heavy atom. The molecule has 27 heavy (non-hydrogen) atoms. The van der Waals surface area contributed by atoms with Crippen molar-refractivity contribution in [3.63, 3.8) is 0 Å². The monoisotopic (exact) mass is 357 g/mol. The van der Waals surface area contributed by atoms with E-state index in [4.69, 9.17) is 4.74 Å². The molecule has 3 aromatic rings. The van der Waals surface area contributed by atoms with E-state index in [0.717, 1.165) is 23.2 Å². The van der Waals surface area contributed by atoms with Gasteiger partial charge in [-0.25, -0.2) is 4.79 Å². The van der Waals surface area contributed by atoms with Gasteiger partial charge in [0, 0.05) is 18.5 Å². The molecule has 2 atom stereocenters. The molecular weight excluding hydrogens is 334 g/mol. The molecule has 0 bridgehead atoms. The molecule has 0 aliphatic carbocycles. The van der Waals surface area contributed by atoms with E-state index >= 15 is 0 Å². The minimum Gasteiger partial charge on any atom is -0.456 e. The Labute approximate surface area is 160 Å². The Kier molecular flexibility index (Phi) is 5.03. The molecule has 1 heterocycles. The van der Waals surface area contributed by atoms with E-state index in [0.29, 0.717) is 5.56 Å². The van der Waals surface area contributed by atoms with Gasteiger partial charge in [0.15, 0.2) is 0 Å². The van der Waals surface area contributed by atoms with Gasteiger partial charge in [-0.1, -0.05) is 78.9 Å². The third-order valence-electron chi connectivity index (χ3n) is 5.21. The Morgan fingerprint density at radius 2 is 1.44 bits per heavy atom. The first-order valence-electron chi connectivity index (χ1n) is 9.37. The minimum atomic E-state index is -0.249. The van der Waals surface area contributed by atoms with E-state index < -0.39 is 0 Å². The van der Waals surface area contributed by atoms with Crippen molar-refractivity contribution in [2.24, 2.45) is 0 Å². The predicted octanol–water partition coefficient (Wildman–Crippen LogP) is 4.38. The minimum absolute atomic E-state index is 0.0203. The van der Waals surface area contributed by atoms with Gasteiger partial charge in [-0.3, -0.25) is 0 Å². The summed E-state index contributed by atoms with van der Waals surface area (Å²) < 4.78 is 5.75. The van der Waals surface area contributed by atoms with Crippen LogP contribution in [-0.2, 0) is 4.74 Å². The summed E-state index contributed by atoms with van der Waals surface area (Å²) in [4.78, 5) is 12.9. The first-order valence-corrected chi connectivity index (χ1v) is 9.37. The van der Waals surface area contributed by atoms with Gasteiger partial charge in [-0.2, -0.15) is 0 Å². The summed E-state index contributed by atoms with van der Waals surface area (Å²) in [6, 6.07) is 28.6. The number of hydrogen-bond donors (Lipinski definition) is 1. The van der Waals surface area contributed by atoms with Crippen LogP contribution in [0.5, 0.6) is 0 Å². The highest BCUT2D eigenvalue weighted by Crippen LogP contribution is 2.34. The van der Waals surface area contributed by atoms with Crippen molar-refractivity contribution < 1.29 is 9.53 Å². The van der Waals surface area contributed by atoms with Gasteiger partial charge < -0.3 is 10.1 Å². The van der Waals surface area contributed by atoms with Crippen molar-refractivity contribution in [3.8, 4) is 0 Å². The number of rotatable bonds is 5. The fraction of sp³-hybridized carbons (Fsp3) is 0.208. The molecule has 3 nitrogen and oxygen atoms in total. The third-order valence-corrected chi connectivity index (χ3v) is 5.21. The lowest BCUT2D eigenvalue weighted by molar-refractivity contribution is 0.000623. The van der Waals surface area contributed by atoms with Gasteiger partial charge in [-0.15, -0.1) is 0 Å². The topological polar surface area (TPSA) is 38.3 Å². The molecule has 0 radical (unpaired) electrons. The zero-order valence-corrected chi connectivity index (χ0v) is 15.3. The lowest BCUT2D eigenvalue weighted by atomic mass is 9.83. The highest BCUT2D eigenvalue weighted by Gasteiger charge is 2.31. The molecule has 1 N–H and O–H groups in total. The van der Waals surface area contributed by atoms with Crippen LogP contribution >= 0.6 is 0 Å². The predicted molar refractivity (Wildman–Crippen MR) is 107 cm³/mol. The Balaban J connectivity index is 1.76. The Morgan fingerprint density at radius 3 is 1.96 bits per heavy atom. The maximum Gasteiger partial charge on any atom is 0.338 e. The molecule has 1 aliphatic heterocycles. The van der Waals surface area contributed by atoms with Crippen LogP contribution < -0.4 is 5.32 Å². The smallest absolute Gasteiger partial charge is 0.338 e. The summed E-state index contributed by atoms with van der Waals surface area (Å²) in [5, 5.41) is 3.23. The van der Waals surface area contributed by atoms with Crippen LogP contribution in [-0.4, -0.2) is 24.7 Å². The Hall–Kier alpha value is -2.91. The molecule has 1 fully saturated rings. The average molecular weight is 357 g/mol. The Bertz CT molecular complexity index is 868. The van der Waals surface area contributed by atoms with Gasteiger partial charge in [0.05, 0.1) is 5.56 Å². The van der Waals surface area contributed by atoms with Crippen LogP contribution in [0.1, 0.15) is 39.9 Å². The second kappa shape index (κ2) is 7.77. The van der Waals surface area contributed by atoms with E-state index in [1.54, 1.807) is 0 Å². The summed E-state index contributed by atoms with van der Waals surface area (Å²) in [5.74, 6) is -0.270. The van der Waals surface area contributed by atoms with E-state index in [1.165, 1.54) is 0 Å². The van der Waals surface area contributed by atoms with Crippen LogP contribution in [0.2, 0.25) is 0 Å². The summed E-state index contributed by atoms with van der Waals surface area (Å²) in [6.07, 6.45) is -0.0579. The number of carbonyl (C=O) groups excluding carboxylic acids is 1. The molecule has 4 rings (SSSR count). The maximum atomic E-state index is 12.9. The molecule has 136 valence electrons. The second-order valence-electron chi connectivity index (χ2n) is 6.98. The standard InChI is InChI=1S/C24H23NO2/c1-17-22(16-25-17)27-24(26)21-15-9-8-14-20(21)23(18-10-4-2-5-11-18)19-12-6-3-7-13-19/h2-15,17,22-23,25H,16H2,1H3/t17-,22+/m1/s1. The van der Waals surface area contributed by atoms with E-state index in [9.17, 15) is 4.79 Å². The number of hydrogen-bond acceptors (Lipinski definition) is 3. The highest BCUT2D eigenvalue weighted by molar-refractivity contribution is 5.92. The number of carbonyl (C=O) groups is 1. The van der Waals surface area contributed by atoms with Gasteiger partial charge in [-0.05, 0) is 29.7 Å². The molecule has 3 heteroatoms. The van der Waals surface area contributed by atoms with Crippen molar-refractivity contribution in [3.05, 3.63) is 107 Å². The molecule has 0 unspecified atom stereocenters. The number of benzene rings is 3. The van der Waals surface area contributed by atoms with Crippen LogP contribution in [0.25, 0.3) is 0 Å². The van der Waals surface area contributed by atoms with Crippen LogP contribution in [0.4, 0.5) is 0 Å². The van der Waals surface area contributed by atoms with Crippen LogP contribution in [0.3, 0.4) is 0 Å². The van der Waals surface area contributed by atoms with Crippen molar-refractivity contribution in [2.45, 2.75) is 25.0 Å². The second-order valence-corrected chi connectivity index (χ2v) is 6.98. The van der Waals surface area contributed by atoms with Crippen LogP contribution in [0.15, 0.2) is 84.9 Å². The van der Waals surface area contributed by atoms with E-state index in [-0.39, 0.29) is 24.0 Å². The molecule has 0 amide bonds. The lowest BCUT2D eigenvalue weighted by Gasteiger charge is -2.34. The highest BCUT2D eigenvalue weighted by atomic mass is 16.5. The molecule has 1 aliphatic rings. The summed E-state index contributed by atoms with van der Waals surface area (Å²) in [5.41, 5.74) is 3.92. The summed E-state index contributed by atoms with van der Waals surface area (Å²) in [6.45, 7) is 2.75. The van der Waals surface area contributed by atoms with Gasteiger partial charge >= 0.3 is 5.97 Å². The fourth-order valence-corrected chi connectivity index (χ4v) is 3.57. The van der Waals surface area contributed by atoms with E-state index in [2.05, 4.69) is 29.6 Å². The molecule has 0 aromatic heterocycles. The zero-order chi connectivity index (χ0) is 18.6. The zero-order valence-electron chi connectivity index (χ0n) is 15.3. The van der Waals surface area contributed by atoms with E-state index in [1.807, 2.05) is 67.6 Å². The number of ether oxygens (including phenoxy) is 1. The number of esters is 1. The van der Waals surface area contributed by atoms with Crippen molar-refractivity contribution in [2.75, 3.05) is 6.54 Å². The van der Waals surface area contributed by atoms with Crippen molar-refractivity contribution in [1.82, 2.24) is 5.32 Å². The quantitative estimate of drug-likeness (QED) is 0.544. The van der Waals surface area contributed by atoms with Gasteiger partial charge in [0.1, 0.15) is 6.10 Å². The largest absolute Gasteiger partial charge is 0.456 e.